The molecule has 0 saturated carbocycles. The highest BCUT2D eigenvalue weighted by molar-refractivity contribution is 5.82. The molecule has 1 aliphatic heterocycles. The minimum absolute atomic E-state index is 0.188. The number of fused-ring (bicyclic) bond motifs is 1. The first kappa shape index (κ1) is 25.4. The van der Waals surface area contributed by atoms with Crippen LogP contribution in [-0.4, -0.2) is 50.7 Å². The van der Waals surface area contributed by atoms with Crippen LogP contribution in [0.15, 0.2) is 59.4 Å². The van der Waals surface area contributed by atoms with Crippen LogP contribution in [0.25, 0.3) is 16.7 Å². The SMILES string of the molecule is C=C(C=CC=C(C)c1ccc(Cn2c(=O)[nH]c3c(N)nc(OCCCC)nc32)cc1)CN1CCCC1. The number of rotatable bonds is 11. The summed E-state index contributed by atoms with van der Waals surface area (Å²) in [5.41, 5.74) is 11.0. The quantitative estimate of drug-likeness (QED) is 0.303. The van der Waals surface area contributed by atoms with Gasteiger partial charge in [-0.25, -0.2) is 4.79 Å². The zero-order chi connectivity index (χ0) is 25.5. The minimum atomic E-state index is -0.281. The molecule has 0 radical (unpaired) electrons. The summed E-state index contributed by atoms with van der Waals surface area (Å²) in [6.45, 7) is 12.5. The molecule has 0 bridgehead atoms. The van der Waals surface area contributed by atoms with Crippen molar-refractivity contribution < 1.29 is 4.74 Å². The highest BCUT2D eigenvalue weighted by Crippen LogP contribution is 2.20. The number of H-pyrrole nitrogens is 1. The molecule has 4 rings (SSSR count). The summed E-state index contributed by atoms with van der Waals surface area (Å²) in [4.78, 5) is 26.5. The Morgan fingerprint density at radius 3 is 2.69 bits per heavy atom. The largest absolute Gasteiger partial charge is 0.463 e. The number of likely N-dealkylation sites (tertiary alicyclic amines) is 1. The molecule has 0 spiro atoms. The van der Waals surface area contributed by atoms with Crippen LogP contribution in [0.2, 0.25) is 0 Å². The lowest BCUT2D eigenvalue weighted by atomic mass is 10.0. The van der Waals surface area contributed by atoms with Gasteiger partial charge in [0.15, 0.2) is 11.5 Å². The van der Waals surface area contributed by atoms with Gasteiger partial charge in [0.25, 0.3) is 0 Å². The van der Waals surface area contributed by atoms with Gasteiger partial charge in [0.05, 0.1) is 13.2 Å². The van der Waals surface area contributed by atoms with Gasteiger partial charge in [-0.15, -0.1) is 0 Å². The van der Waals surface area contributed by atoms with E-state index in [1.165, 1.54) is 25.9 Å². The smallest absolute Gasteiger partial charge is 0.328 e. The van der Waals surface area contributed by atoms with E-state index >= 15 is 0 Å². The van der Waals surface area contributed by atoms with Crippen molar-refractivity contribution in [2.24, 2.45) is 0 Å². The number of aromatic nitrogens is 4. The number of nitrogen functional groups attached to an aromatic ring is 1. The third-order valence-corrected chi connectivity index (χ3v) is 6.41. The van der Waals surface area contributed by atoms with Crippen molar-refractivity contribution in [3.63, 3.8) is 0 Å². The van der Waals surface area contributed by atoms with Gasteiger partial charge < -0.3 is 15.5 Å². The lowest BCUT2D eigenvalue weighted by molar-refractivity contribution is 0.286. The first-order valence-electron chi connectivity index (χ1n) is 12.7. The van der Waals surface area contributed by atoms with Crippen molar-refractivity contribution in [2.75, 3.05) is 32.0 Å². The number of nitrogens with two attached hydrogens (primary N) is 1. The second-order valence-electron chi connectivity index (χ2n) is 9.36. The summed E-state index contributed by atoms with van der Waals surface area (Å²) in [6, 6.07) is 8.37. The van der Waals surface area contributed by atoms with Crippen molar-refractivity contribution in [3.05, 3.63) is 76.3 Å². The van der Waals surface area contributed by atoms with E-state index in [1.54, 1.807) is 4.57 Å². The lowest BCUT2D eigenvalue weighted by Gasteiger charge is -2.13. The molecule has 0 aliphatic carbocycles. The number of unbranched alkanes of at least 4 members (excludes halogenated alkanes) is 1. The van der Waals surface area contributed by atoms with Crippen molar-refractivity contribution in [1.29, 1.82) is 0 Å². The van der Waals surface area contributed by atoms with Crippen LogP contribution in [-0.2, 0) is 6.54 Å². The number of imidazole rings is 1. The third kappa shape index (κ3) is 6.31. The average molecular weight is 489 g/mol. The number of anilines is 1. The summed E-state index contributed by atoms with van der Waals surface area (Å²) >= 11 is 0. The van der Waals surface area contributed by atoms with Crippen LogP contribution in [0, 0.1) is 0 Å². The van der Waals surface area contributed by atoms with E-state index in [0.717, 1.165) is 41.7 Å². The Morgan fingerprint density at radius 1 is 1.22 bits per heavy atom. The Balaban J connectivity index is 1.44. The molecule has 2 aromatic heterocycles. The number of benzene rings is 1. The molecule has 0 unspecified atom stereocenters. The van der Waals surface area contributed by atoms with Crippen molar-refractivity contribution in [2.45, 2.75) is 46.1 Å². The van der Waals surface area contributed by atoms with Gasteiger partial charge in [-0.05, 0) is 61.5 Å². The maximum atomic E-state index is 12.6. The summed E-state index contributed by atoms with van der Waals surface area (Å²) < 4.78 is 7.18. The Hall–Kier alpha value is -3.65. The maximum absolute atomic E-state index is 12.6. The summed E-state index contributed by atoms with van der Waals surface area (Å²) in [6.07, 6.45) is 10.7. The van der Waals surface area contributed by atoms with Crippen molar-refractivity contribution in [3.8, 4) is 6.01 Å². The highest BCUT2D eigenvalue weighted by atomic mass is 16.5. The molecule has 0 atom stereocenters. The van der Waals surface area contributed by atoms with Crippen molar-refractivity contribution in [1.82, 2.24) is 24.4 Å². The Labute approximate surface area is 212 Å². The van der Waals surface area contributed by atoms with E-state index in [1.807, 2.05) is 12.1 Å². The van der Waals surface area contributed by atoms with Gasteiger partial charge in [0.2, 0.25) is 0 Å². The van der Waals surface area contributed by atoms with E-state index in [-0.39, 0.29) is 17.5 Å². The second-order valence-corrected chi connectivity index (χ2v) is 9.36. The molecular formula is C28H36N6O2. The average Bonchev–Trinajstić information content (AvgIpc) is 3.48. The van der Waals surface area contributed by atoms with E-state index in [0.29, 0.717) is 24.3 Å². The van der Waals surface area contributed by atoms with Crippen LogP contribution in [0.3, 0.4) is 0 Å². The fourth-order valence-electron chi connectivity index (χ4n) is 4.31. The lowest BCUT2D eigenvalue weighted by Crippen LogP contribution is -2.20. The van der Waals surface area contributed by atoms with E-state index in [9.17, 15) is 4.79 Å². The fraction of sp³-hybridized carbons (Fsp3) is 0.393. The van der Waals surface area contributed by atoms with Crippen molar-refractivity contribution >= 4 is 22.6 Å². The molecule has 190 valence electrons. The molecule has 1 fully saturated rings. The molecule has 3 heterocycles. The Kier molecular flexibility index (Phi) is 8.38. The summed E-state index contributed by atoms with van der Waals surface area (Å²) in [5.74, 6) is 0.203. The van der Waals surface area contributed by atoms with Crippen LogP contribution >= 0.6 is 0 Å². The molecule has 0 amide bonds. The molecule has 36 heavy (non-hydrogen) atoms. The number of nitrogens with one attached hydrogen (secondary N) is 1. The molecule has 3 aromatic rings. The molecule has 1 saturated heterocycles. The Bertz CT molecular complexity index is 1310. The van der Waals surface area contributed by atoms with Crippen LogP contribution in [0.4, 0.5) is 5.82 Å². The van der Waals surface area contributed by atoms with Gasteiger partial charge in [-0.2, -0.15) is 9.97 Å². The normalized spacial score (nSPS) is 14.8. The second kappa shape index (κ2) is 11.9. The standard InChI is InChI=1S/C28H36N6O2/c1-4-5-17-36-27-31-25(29)24-26(32-27)34(28(35)30-24)19-22-11-13-23(14-12-22)21(3)10-8-9-20(2)18-33-15-6-7-16-33/h8-14H,2,4-7,15-19H2,1,3H3,(H,30,35)(H2,29,31,32). The molecule has 8 heteroatoms. The van der Waals surface area contributed by atoms with E-state index in [2.05, 4.69) is 70.6 Å². The third-order valence-electron chi connectivity index (χ3n) is 6.41. The predicted molar refractivity (Wildman–Crippen MR) is 146 cm³/mol. The summed E-state index contributed by atoms with van der Waals surface area (Å²) in [5, 5.41) is 0. The van der Waals surface area contributed by atoms with Gasteiger partial charge in [0.1, 0.15) is 5.52 Å². The van der Waals surface area contributed by atoms with Gasteiger partial charge in [-0.1, -0.05) is 62.4 Å². The number of nitrogens with zero attached hydrogens (tertiary/aromatic N) is 4. The number of ether oxygens (including phenoxy) is 1. The zero-order valence-corrected chi connectivity index (χ0v) is 21.3. The molecule has 3 N–H and O–H groups in total. The summed E-state index contributed by atoms with van der Waals surface area (Å²) in [7, 11) is 0. The molecule has 1 aromatic carbocycles. The molecule has 8 nitrogen and oxygen atoms in total. The highest BCUT2D eigenvalue weighted by Gasteiger charge is 2.15. The zero-order valence-electron chi connectivity index (χ0n) is 21.3. The number of hydrogen-bond acceptors (Lipinski definition) is 6. The molecular weight excluding hydrogens is 452 g/mol. The number of aromatic amines is 1. The maximum Gasteiger partial charge on any atom is 0.328 e. The Morgan fingerprint density at radius 2 is 1.97 bits per heavy atom. The topological polar surface area (TPSA) is 102 Å². The van der Waals surface area contributed by atoms with Gasteiger partial charge >= 0.3 is 11.7 Å². The van der Waals surface area contributed by atoms with Crippen LogP contribution < -0.4 is 16.2 Å². The van der Waals surface area contributed by atoms with Crippen LogP contribution in [0.1, 0.15) is 50.7 Å². The first-order valence-corrected chi connectivity index (χ1v) is 12.7. The fourth-order valence-corrected chi connectivity index (χ4v) is 4.31. The van der Waals surface area contributed by atoms with Gasteiger partial charge in [0, 0.05) is 6.54 Å². The van der Waals surface area contributed by atoms with Crippen LogP contribution in [0.5, 0.6) is 6.01 Å². The predicted octanol–water partition coefficient (Wildman–Crippen LogP) is 4.54. The molecule has 1 aliphatic rings. The van der Waals surface area contributed by atoms with E-state index in [4.69, 9.17) is 10.5 Å². The number of hydrogen-bond donors (Lipinski definition) is 2. The monoisotopic (exact) mass is 488 g/mol. The van der Waals surface area contributed by atoms with E-state index < -0.39 is 0 Å². The first-order chi connectivity index (χ1) is 17.4. The number of allylic oxidation sites excluding steroid dienone is 3. The minimum Gasteiger partial charge on any atom is -0.463 e. The van der Waals surface area contributed by atoms with Gasteiger partial charge in [-0.3, -0.25) is 9.47 Å².